The van der Waals surface area contributed by atoms with Gasteiger partial charge in [-0.1, -0.05) is 45.9 Å². The van der Waals surface area contributed by atoms with Crippen molar-refractivity contribution in [1.82, 2.24) is 9.55 Å². The molecule has 1 aromatic heterocycles. The van der Waals surface area contributed by atoms with E-state index in [9.17, 15) is 0 Å². The summed E-state index contributed by atoms with van der Waals surface area (Å²) in [6.07, 6.45) is 1.89. The molecule has 4 rings (SSSR count). The Morgan fingerprint density at radius 3 is 2.32 bits per heavy atom. The van der Waals surface area contributed by atoms with Gasteiger partial charge >= 0.3 is 0 Å². The summed E-state index contributed by atoms with van der Waals surface area (Å²) in [6.45, 7) is 10.4. The van der Waals surface area contributed by atoms with Crippen LogP contribution in [0.25, 0.3) is 11.0 Å². The van der Waals surface area contributed by atoms with Gasteiger partial charge in [0, 0.05) is 13.7 Å². The molecule has 0 amide bonds. The Balaban J connectivity index is 1.79. The van der Waals surface area contributed by atoms with Gasteiger partial charge in [-0.25, -0.2) is 13.8 Å². The third kappa shape index (κ3) is 3.89. The monoisotopic (exact) mass is 426 g/mol. The molecule has 3 nitrogen and oxygen atoms in total. The van der Waals surface area contributed by atoms with Gasteiger partial charge in [0.15, 0.2) is 5.82 Å². The number of halogens is 2. The highest BCUT2D eigenvalue weighted by Gasteiger charge is 2.33. The van der Waals surface area contributed by atoms with Crippen molar-refractivity contribution in [2.24, 2.45) is 0 Å². The second-order valence-corrected chi connectivity index (χ2v) is 9.51. The second-order valence-electron chi connectivity index (χ2n) is 9.51. The number of nitrogens with zero attached hydrogens (tertiary/aromatic N) is 2. The molecule has 0 N–H and O–H groups in total. The molecular formula is C26H32F2N2O. The standard InChI is InChI=1S/C26H32F2N2O/c1-14(2)20-7-8-23-26(25(20)28)30(16(5)29-23)13-17-9-21(15(3)4)24(27)22(10-17)18-11-19(12-18)31-6/h7-10,14-15,18-19H,11-13H2,1-6H3. The third-order valence-electron chi connectivity index (χ3n) is 6.71. The van der Waals surface area contributed by atoms with Crippen LogP contribution in [0, 0.1) is 18.6 Å². The Kier molecular flexibility index (Phi) is 5.91. The average molecular weight is 427 g/mol. The van der Waals surface area contributed by atoms with Crippen LogP contribution in [0.1, 0.15) is 86.4 Å². The number of ether oxygens (including phenoxy) is 1. The van der Waals surface area contributed by atoms with Crippen molar-refractivity contribution >= 4 is 11.0 Å². The molecule has 0 aliphatic heterocycles. The molecular weight excluding hydrogens is 394 g/mol. The number of imidazole rings is 1. The Morgan fingerprint density at radius 1 is 1.03 bits per heavy atom. The van der Waals surface area contributed by atoms with E-state index in [0.717, 1.165) is 35.4 Å². The minimum absolute atomic E-state index is 0.0712. The molecule has 0 bridgehead atoms. The van der Waals surface area contributed by atoms with Crippen LogP contribution in [-0.2, 0) is 11.3 Å². The molecule has 166 valence electrons. The number of hydrogen-bond acceptors (Lipinski definition) is 2. The number of benzene rings is 2. The SMILES string of the molecule is COC1CC(c2cc(Cn3c(C)nc4ccc(C(C)C)c(F)c43)cc(C(C)C)c2F)C1. The topological polar surface area (TPSA) is 27.1 Å². The van der Waals surface area contributed by atoms with Crippen molar-refractivity contribution < 1.29 is 13.5 Å². The molecule has 1 aliphatic rings. The first-order chi connectivity index (χ1) is 14.7. The first-order valence-electron chi connectivity index (χ1n) is 11.2. The van der Waals surface area contributed by atoms with Crippen LogP contribution >= 0.6 is 0 Å². The van der Waals surface area contributed by atoms with Gasteiger partial charge in [0.2, 0.25) is 0 Å². The summed E-state index contributed by atoms with van der Waals surface area (Å²) in [4.78, 5) is 4.58. The van der Waals surface area contributed by atoms with Crippen LogP contribution in [0.4, 0.5) is 8.78 Å². The Labute approximate surface area is 183 Å². The molecule has 3 aromatic rings. The lowest BCUT2D eigenvalue weighted by atomic mass is 9.76. The summed E-state index contributed by atoms with van der Waals surface area (Å²) in [7, 11) is 1.71. The molecule has 0 atom stereocenters. The molecule has 2 aromatic carbocycles. The fourth-order valence-electron chi connectivity index (χ4n) is 4.69. The van der Waals surface area contributed by atoms with Crippen molar-refractivity contribution in [3.63, 3.8) is 0 Å². The largest absolute Gasteiger partial charge is 0.381 e. The fourth-order valence-corrected chi connectivity index (χ4v) is 4.69. The van der Waals surface area contributed by atoms with Gasteiger partial charge < -0.3 is 9.30 Å². The number of aromatic nitrogens is 2. The van der Waals surface area contributed by atoms with Crippen LogP contribution in [-0.4, -0.2) is 22.8 Å². The van der Waals surface area contributed by atoms with E-state index in [1.165, 1.54) is 0 Å². The van der Waals surface area contributed by atoms with Crippen molar-refractivity contribution in [2.45, 2.75) is 77.9 Å². The molecule has 5 heteroatoms. The van der Waals surface area contributed by atoms with E-state index in [-0.39, 0.29) is 35.5 Å². The van der Waals surface area contributed by atoms with Gasteiger partial charge in [0.25, 0.3) is 0 Å². The minimum atomic E-state index is -0.207. The van der Waals surface area contributed by atoms with Crippen molar-refractivity contribution in [1.29, 1.82) is 0 Å². The third-order valence-corrected chi connectivity index (χ3v) is 6.71. The van der Waals surface area contributed by atoms with Gasteiger partial charge in [-0.2, -0.15) is 0 Å². The van der Waals surface area contributed by atoms with E-state index in [0.29, 0.717) is 23.1 Å². The lowest BCUT2D eigenvalue weighted by molar-refractivity contribution is 0.0249. The van der Waals surface area contributed by atoms with Crippen LogP contribution in [0.2, 0.25) is 0 Å². The molecule has 1 aliphatic carbocycles. The van der Waals surface area contributed by atoms with E-state index >= 15 is 8.78 Å². The second kappa shape index (κ2) is 8.34. The van der Waals surface area contributed by atoms with E-state index in [1.54, 1.807) is 7.11 Å². The molecule has 1 heterocycles. The first-order valence-corrected chi connectivity index (χ1v) is 11.2. The van der Waals surface area contributed by atoms with Gasteiger partial charge in [0.1, 0.15) is 17.2 Å². The molecule has 1 saturated carbocycles. The Hall–Kier alpha value is -2.27. The summed E-state index contributed by atoms with van der Waals surface area (Å²) in [5.74, 6) is 0.787. The Morgan fingerprint density at radius 2 is 1.71 bits per heavy atom. The van der Waals surface area contributed by atoms with E-state index in [2.05, 4.69) is 4.98 Å². The minimum Gasteiger partial charge on any atom is -0.381 e. The summed E-state index contributed by atoms with van der Waals surface area (Å²) in [5.41, 5.74) is 4.35. The fraction of sp³-hybridized carbons (Fsp3) is 0.500. The van der Waals surface area contributed by atoms with Crippen LogP contribution in [0.3, 0.4) is 0 Å². The summed E-state index contributed by atoms with van der Waals surface area (Å²) in [5, 5.41) is 0. The lowest BCUT2D eigenvalue weighted by Crippen LogP contribution is -2.29. The van der Waals surface area contributed by atoms with Gasteiger partial charge in [-0.3, -0.25) is 0 Å². The highest BCUT2D eigenvalue weighted by atomic mass is 19.1. The van der Waals surface area contributed by atoms with E-state index < -0.39 is 0 Å². The normalized spacial score (nSPS) is 18.9. The quantitative estimate of drug-likeness (QED) is 0.433. The molecule has 0 unspecified atom stereocenters. The lowest BCUT2D eigenvalue weighted by Gasteiger charge is -2.35. The molecule has 0 radical (unpaired) electrons. The van der Waals surface area contributed by atoms with Crippen LogP contribution in [0.15, 0.2) is 24.3 Å². The van der Waals surface area contributed by atoms with Crippen molar-refractivity contribution in [3.05, 3.63) is 64.0 Å². The van der Waals surface area contributed by atoms with Gasteiger partial charge in [-0.05, 0) is 65.8 Å². The van der Waals surface area contributed by atoms with Gasteiger partial charge in [0.05, 0.1) is 11.6 Å². The maximum Gasteiger partial charge on any atom is 0.152 e. The first kappa shape index (κ1) is 21.9. The highest BCUT2D eigenvalue weighted by molar-refractivity contribution is 5.78. The average Bonchev–Trinajstić information content (AvgIpc) is 2.98. The number of hydrogen-bond donors (Lipinski definition) is 0. The zero-order valence-corrected chi connectivity index (χ0v) is 19.3. The number of rotatable bonds is 6. The number of fused-ring (bicyclic) bond motifs is 1. The zero-order valence-electron chi connectivity index (χ0n) is 19.3. The number of methoxy groups -OCH3 is 1. The van der Waals surface area contributed by atoms with Crippen molar-refractivity contribution in [3.8, 4) is 0 Å². The highest BCUT2D eigenvalue weighted by Crippen LogP contribution is 2.41. The van der Waals surface area contributed by atoms with Crippen molar-refractivity contribution in [2.75, 3.05) is 7.11 Å². The molecule has 0 saturated heterocycles. The number of aryl methyl sites for hydroxylation is 1. The zero-order chi connectivity index (χ0) is 22.4. The van der Waals surface area contributed by atoms with Crippen LogP contribution < -0.4 is 0 Å². The van der Waals surface area contributed by atoms with Crippen LogP contribution in [0.5, 0.6) is 0 Å². The Bertz CT molecular complexity index is 1110. The maximum atomic E-state index is 15.4. The smallest absolute Gasteiger partial charge is 0.152 e. The summed E-state index contributed by atoms with van der Waals surface area (Å²) in [6, 6.07) is 7.62. The van der Waals surface area contributed by atoms with E-state index in [1.807, 2.05) is 63.5 Å². The predicted octanol–water partition coefficient (Wildman–Crippen LogP) is 6.81. The summed E-state index contributed by atoms with van der Waals surface area (Å²) >= 11 is 0. The maximum absolute atomic E-state index is 15.4. The predicted molar refractivity (Wildman–Crippen MR) is 121 cm³/mol. The van der Waals surface area contributed by atoms with E-state index in [4.69, 9.17) is 4.74 Å². The summed E-state index contributed by atoms with van der Waals surface area (Å²) < 4.78 is 38.0. The molecule has 0 spiro atoms. The molecule has 1 fully saturated rings. The molecule has 31 heavy (non-hydrogen) atoms. The van der Waals surface area contributed by atoms with Gasteiger partial charge in [-0.15, -0.1) is 0 Å².